The summed E-state index contributed by atoms with van der Waals surface area (Å²) in [7, 11) is 0. The van der Waals surface area contributed by atoms with Gasteiger partial charge in [-0.1, -0.05) is 0 Å². The normalized spacial score (nSPS) is 15.1. The second-order valence-corrected chi connectivity index (χ2v) is 3.16. The van der Waals surface area contributed by atoms with E-state index in [9.17, 15) is 9.90 Å². The Bertz CT molecular complexity index is 360. The summed E-state index contributed by atoms with van der Waals surface area (Å²) in [5.41, 5.74) is 0.367. The van der Waals surface area contributed by atoms with E-state index in [1.807, 2.05) is 0 Å². The molecule has 5 heteroatoms. The van der Waals surface area contributed by atoms with Crippen LogP contribution in [0, 0.1) is 6.92 Å². The molecule has 0 aliphatic rings. The lowest BCUT2D eigenvalue weighted by molar-refractivity contribution is -0.0159. The van der Waals surface area contributed by atoms with Gasteiger partial charge in [0.1, 0.15) is 12.2 Å². The smallest absolute Gasteiger partial charge is 0.253 e. The van der Waals surface area contributed by atoms with E-state index in [-0.39, 0.29) is 5.56 Å². The first-order chi connectivity index (χ1) is 6.56. The summed E-state index contributed by atoms with van der Waals surface area (Å²) >= 11 is 0. The summed E-state index contributed by atoms with van der Waals surface area (Å²) in [5.74, 6) is 0. The van der Waals surface area contributed by atoms with E-state index in [0.717, 1.165) is 5.56 Å². The molecular weight excluding hydrogens is 186 g/mol. The third-order valence-corrected chi connectivity index (χ3v) is 1.95. The zero-order valence-corrected chi connectivity index (χ0v) is 7.77. The van der Waals surface area contributed by atoms with E-state index < -0.39 is 24.4 Å². The summed E-state index contributed by atoms with van der Waals surface area (Å²) in [5, 5.41) is 27.2. The van der Waals surface area contributed by atoms with Crippen molar-refractivity contribution < 1.29 is 15.3 Å². The standard InChI is InChI=1S/C9H13NO4/c1-5-2-6(9(14)10-3-5)8(13)7(12)4-11/h2-3,7-8,11-13H,4H2,1H3,(H,10,14). The van der Waals surface area contributed by atoms with Crippen LogP contribution >= 0.6 is 0 Å². The highest BCUT2D eigenvalue weighted by atomic mass is 16.4. The van der Waals surface area contributed by atoms with Crippen LogP contribution in [0.4, 0.5) is 0 Å². The fourth-order valence-corrected chi connectivity index (χ4v) is 1.14. The van der Waals surface area contributed by atoms with Crippen LogP contribution in [0.15, 0.2) is 17.1 Å². The molecule has 0 bridgehead atoms. The van der Waals surface area contributed by atoms with Gasteiger partial charge in [0.25, 0.3) is 5.56 Å². The maximum absolute atomic E-state index is 11.2. The van der Waals surface area contributed by atoms with Gasteiger partial charge in [-0.15, -0.1) is 0 Å². The molecule has 0 amide bonds. The van der Waals surface area contributed by atoms with E-state index in [2.05, 4.69) is 4.98 Å². The molecule has 0 saturated carbocycles. The van der Waals surface area contributed by atoms with Crippen LogP contribution in [0.3, 0.4) is 0 Å². The van der Waals surface area contributed by atoms with Gasteiger partial charge in [-0.05, 0) is 18.6 Å². The molecule has 0 aromatic carbocycles. The molecular formula is C9H13NO4. The summed E-state index contributed by atoms with van der Waals surface area (Å²) in [6.07, 6.45) is -1.19. The van der Waals surface area contributed by atoms with E-state index in [0.29, 0.717) is 0 Å². The highest BCUT2D eigenvalue weighted by Crippen LogP contribution is 2.13. The zero-order valence-electron chi connectivity index (χ0n) is 7.77. The quantitative estimate of drug-likeness (QED) is 0.506. The van der Waals surface area contributed by atoms with Crippen molar-refractivity contribution in [3.63, 3.8) is 0 Å². The minimum Gasteiger partial charge on any atom is -0.394 e. The number of aryl methyl sites for hydroxylation is 1. The van der Waals surface area contributed by atoms with Crippen molar-refractivity contribution in [2.45, 2.75) is 19.1 Å². The topological polar surface area (TPSA) is 93.6 Å². The monoisotopic (exact) mass is 199 g/mol. The number of hydrogen-bond acceptors (Lipinski definition) is 4. The minimum atomic E-state index is -1.36. The number of aliphatic hydroxyl groups is 3. The minimum absolute atomic E-state index is 0.0616. The molecule has 1 rings (SSSR count). The Balaban J connectivity index is 3.05. The second-order valence-electron chi connectivity index (χ2n) is 3.16. The van der Waals surface area contributed by atoms with Crippen LogP contribution in [0.2, 0.25) is 0 Å². The van der Waals surface area contributed by atoms with Gasteiger partial charge in [-0.25, -0.2) is 0 Å². The van der Waals surface area contributed by atoms with Gasteiger partial charge in [0.15, 0.2) is 0 Å². The van der Waals surface area contributed by atoms with Crippen LogP contribution in [0.5, 0.6) is 0 Å². The van der Waals surface area contributed by atoms with Gasteiger partial charge in [0, 0.05) is 11.8 Å². The molecule has 0 radical (unpaired) electrons. The molecule has 0 saturated heterocycles. The molecule has 4 N–H and O–H groups in total. The molecule has 1 heterocycles. The molecule has 2 atom stereocenters. The Hall–Kier alpha value is -1.17. The number of pyridine rings is 1. The van der Waals surface area contributed by atoms with Gasteiger partial charge in [-0.3, -0.25) is 4.79 Å². The molecule has 0 aliphatic heterocycles. The molecule has 2 unspecified atom stereocenters. The van der Waals surface area contributed by atoms with Crippen LogP contribution < -0.4 is 5.56 Å². The van der Waals surface area contributed by atoms with Crippen molar-refractivity contribution >= 4 is 0 Å². The maximum Gasteiger partial charge on any atom is 0.253 e. The number of H-pyrrole nitrogens is 1. The fraction of sp³-hybridized carbons (Fsp3) is 0.444. The SMILES string of the molecule is Cc1c[nH]c(=O)c(C(O)C(O)CO)c1. The Morgan fingerprint density at radius 2 is 2.14 bits per heavy atom. The van der Waals surface area contributed by atoms with Crippen molar-refractivity contribution in [2.24, 2.45) is 0 Å². The number of aromatic nitrogens is 1. The Morgan fingerprint density at radius 3 is 2.71 bits per heavy atom. The van der Waals surface area contributed by atoms with Crippen LogP contribution in [-0.2, 0) is 0 Å². The summed E-state index contributed by atoms with van der Waals surface area (Å²) in [6.45, 7) is 1.16. The molecule has 0 fully saturated rings. The third-order valence-electron chi connectivity index (χ3n) is 1.95. The average molecular weight is 199 g/mol. The number of rotatable bonds is 3. The molecule has 0 aliphatic carbocycles. The van der Waals surface area contributed by atoms with Crippen LogP contribution in [0.1, 0.15) is 17.2 Å². The molecule has 5 nitrogen and oxygen atoms in total. The molecule has 78 valence electrons. The maximum atomic E-state index is 11.2. The van der Waals surface area contributed by atoms with Crippen LogP contribution in [-0.4, -0.2) is 33.0 Å². The van der Waals surface area contributed by atoms with Gasteiger partial charge in [0.05, 0.1) is 6.61 Å². The largest absolute Gasteiger partial charge is 0.394 e. The van der Waals surface area contributed by atoms with E-state index in [1.54, 1.807) is 6.92 Å². The van der Waals surface area contributed by atoms with Gasteiger partial charge < -0.3 is 20.3 Å². The molecule has 1 aromatic heterocycles. The van der Waals surface area contributed by atoms with Crippen LogP contribution in [0.25, 0.3) is 0 Å². The highest BCUT2D eigenvalue weighted by molar-refractivity contribution is 5.19. The van der Waals surface area contributed by atoms with Crippen molar-refractivity contribution in [3.05, 3.63) is 33.7 Å². The first-order valence-electron chi connectivity index (χ1n) is 4.22. The van der Waals surface area contributed by atoms with E-state index >= 15 is 0 Å². The van der Waals surface area contributed by atoms with Crippen molar-refractivity contribution in [3.8, 4) is 0 Å². The number of nitrogens with one attached hydrogen (secondary N) is 1. The van der Waals surface area contributed by atoms with Crippen molar-refractivity contribution in [1.82, 2.24) is 4.98 Å². The highest BCUT2D eigenvalue weighted by Gasteiger charge is 2.20. The predicted molar refractivity (Wildman–Crippen MR) is 49.9 cm³/mol. The van der Waals surface area contributed by atoms with E-state index in [1.165, 1.54) is 12.3 Å². The molecule has 1 aromatic rings. The lowest BCUT2D eigenvalue weighted by Gasteiger charge is -2.14. The zero-order chi connectivity index (χ0) is 10.7. The Labute approximate surface area is 80.7 Å². The predicted octanol–water partition coefficient (Wildman–Crippen LogP) is -0.930. The number of aromatic amines is 1. The Kier molecular flexibility index (Phi) is 3.40. The molecule has 0 spiro atoms. The van der Waals surface area contributed by atoms with E-state index in [4.69, 9.17) is 10.2 Å². The number of hydrogen-bond donors (Lipinski definition) is 4. The second kappa shape index (κ2) is 4.36. The lowest BCUT2D eigenvalue weighted by Crippen LogP contribution is -2.27. The first kappa shape index (κ1) is 10.9. The van der Waals surface area contributed by atoms with Crippen molar-refractivity contribution in [1.29, 1.82) is 0 Å². The van der Waals surface area contributed by atoms with Gasteiger partial charge in [0.2, 0.25) is 0 Å². The summed E-state index contributed by atoms with van der Waals surface area (Å²) in [4.78, 5) is 13.6. The third kappa shape index (κ3) is 2.20. The van der Waals surface area contributed by atoms with Gasteiger partial charge in [-0.2, -0.15) is 0 Å². The number of aliphatic hydroxyl groups excluding tert-OH is 3. The molecule has 14 heavy (non-hydrogen) atoms. The summed E-state index contributed by atoms with van der Waals surface area (Å²) < 4.78 is 0. The average Bonchev–Trinajstić information content (AvgIpc) is 2.19. The fourth-order valence-electron chi connectivity index (χ4n) is 1.14. The van der Waals surface area contributed by atoms with Crippen molar-refractivity contribution in [2.75, 3.05) is 6.61 Å². The summed E-state index contributed by atoms with van der Waals surface area (Å²) in [6, 6.07) is 1.47. The lowest BCUT2D eigenvalue weighted by atomic mass is 10.1. The first-order valence-corrected chi connectivity index (χ1v) is 4.22. The van der Waals surface area contributed by atoms with Gasteiger partial charge >= 0.3 is 0 Å². The Morgan fingerprint density at radius 1 is 1.50 bits per heavy atom.